The second kappa shape index (κ2) is 8.90. The van der Waals surface area contributed by atoms with Gasteiger partial charge in [0.2, 0.25) is 5.82 Å². The lowest BCUT2D eigenvalue weighted by Gasteiger charge is -2.13. The third-order valence-electron chi connectivity index (χ3n) is 5.36. The Hall–Kier alpha value is -4.14. The summed E-state index contributed by atoms with van der Waals surface area (Å²) in [6, 6.07) is 20.4. The molecule has 0 aliphatic carbocycles. The number of hydrogen-bond donors (Lipinski definition) is 2. The first-order valence-corrected chi connectivity index (χ1v) is 11.2. The van der Waals surface area contributed by atoms with Crippen molar-refractivity contribution in [3.63, 3.8) is 0 Å². The highest BCUT2D eigenvalue weighted by molar-refractivity contribution is 6.37. The van der Waals surface area contributed by atoms with Crippen molar-refractivity contribution >= 4 is 39.9 Å². The van der Waals surface area contributed by atoms with Crippen LogP contribution < -0.4 is 21.7 Å². The van der Waals surface area contributed by atoms with Gasteiger partial charge in [-0.2, -0.15) is 4.68 Å². The molecule has 0 radical (unpaired) electrons. The zero-order valence-corrected chi connectivity index (χ0v) is 19.8. The van der Waals surface area contributed by atoms with Crippen molar-refractivity contribution in [1.29, 1.82) is 0 Å². The lowest BCUT2D eigenvalue weighted by molar-refractivity contribution is 0.483. The molecule has 0 amide bonds. The summed E-state index contributed by atoms with van der Waals surface area (Å²) in [6.07, 6.45) is 0. The third-order valence-corrected chi connectivity index (χ3v) is 5.92. The minimum Gasteiger partial charge on any atom is -0.454 e. The Balaban J connectivity index is 1.50. The summed E-state index contributed by atoms with van der Waals surface area (Å²) in [5.41, 5.74) is 7.96. The van der Waals surface area contributed by atoms with Gasteiger partial charge in [0.05, 0.1) is 26.9 Å². The highest BCUT2D eigenvalue weighted by Gasteiger charge is 2.15. The average molecular weight is 506 g/mol. The van der Waals surface area contributed by atoms with Crippen LogP contribution in [-0.4, -0.2) is 19.7 Å². The SMILES string of the molecule is Cc1cc(-c2ccccc2)nc2ccc(Oc3c(Cl)cc(-n4nc(N)c(=O)[nH]c4=O)cc3Cl)cc12. The molecular formula is C25H17Cl2N5O3. The Bertz CT molecular complexity index is 1690. The topological polar surface area (TPSA) is 116 Å². The van der Waals surface area contributed by atoms with Gasteiger partial charge in [0.25, 0.3) is 5.56 Å². The zero-order valence-electron chi connectivity index (χ0n) is 18.3. The molecule has 0 bridgehead atoms. The molecule has 0 saturated heterocycles. The Morgan fingerprint density at radius 1 is 0.971 bits per heavy atom. The van der Waals surface area contributed by atoms with Gasteiger partial charge in [0.1, 0.15) is 5.75 Å². The van der Waals surface area contributed by atoms with E-state index in [-0.39, 0.29) is 27.3 Å². The quantitative estimate of drug-likeness (QED) is 0.349. The predicted octanol–water partition coefficient (Wildman–Crippen LogP) is 5.13. The smallest absolute Gasteiger partial charge is 0.349 e. The molecular weight excluding hydrogens is 489 g/mol. The van der Waals surface area contributed by atoms with Gasteiger partial charge in [-0.15, -0.1) is 5.10 Å². The maximum atomic E-state index is 12.1. The number of aromatic amines is 1. The maximum absolute atomic E-state index is 12.1. The van der Waals surface area contributed by atoms with Crippen molar-refractivity contribution < 1.29 is 4.74 Å². The summed E-state index contributed by atoms with van der Waals surface area (Å²) in [6.45, 7) is 2.01. The Morgan fingerprint density at radius 3 is 2.40 bits per heavy atom. The molecule has 0 unspecified atom stereocenters. The standard InChI is InChI=1S/C25H17Cl2N5O3/c1-13-9-21(14-5-3-2-4-6-14)29-20-8-7-16(12-17(13)20)35-22-18(26)10-15(11-19(22)27)32-25(34)30-24(33)23(28)31-32/h2-12H,1H3,(H2,28,31)(H,30,33,34). The number of nitrogens with one attached hydrogen (secondary N) is 1. The van der Waals surface area contributed by atoms with Crippen LogP contribution in [0.5, 0.6) is 11.5 Å². The second-order valence-electron chi connectivity index (χ2n) is 7.77. The monoisotopic (exact) mass is 505 g/mol. The van der Waals surface area contributed by atoms with Crippen LogP contribution >= 0.6 is 23.2 Å². The van der Waals surface area contributed by atoms with E-state index in [9.17, 15) is 9.59 Å². The zero-order chi connectivity index (χ0) is 24.7. The molecule has 0 aliphatic rings. The van der Waals surface area contributed by atoms with E-state index in [1.807, 2.05) is 55.5 Å². The van der Waals surface area contributed by atoms with E-state index in [1.54, 1.807) is 6.07 Å². The van der Waals surface area contributed by atoms with Gasteiger partial charge in [-0.25, -0.2) is 9.78 Å². The molecule has 5 rings (SSSR count). The summed E-state index contributed by atoms with van der Waals surface area (Å²) in [5.74, 6) is 0.344. The maximum Gasteiger partial charge on any atom is 0.349 e. The molecule has 3 N–H and O–H groups in total. The molecule has 174 valence electrons. The number of aryl methyl sites for hydroxylation is 1. The van der Waals surface area contributed by atoms with Crippen LogP contribution in [0.2, 0.25) is 10.0 Å². The normalized spacial score (nSPS) is 11.1. The van der Waals surface area contributed by atoms with Gasteiger partial charge in [0.15, 0.2) is 5.75 Å². The van der Waals surface area contributed by atoms with Crippen LogP contribution in [0.15, 0.2) is 76.3 Å². The number of aromatic nitrogens is 4. The molecule has 8 nitrogen and oxygen atoms in total. The van der Waals surface area contributed by atoms with Crippen LogP contribution in [0.1, 0.15) is 5.56 Å². The number of pyridine rings is 1. The minimum absolute atomic E-state index is 0.139. The molecule has 0 aliphatic heterocycles. The molecule has 3 aromatic carbocycles. The molecule has 2 aromatic heterocycles. The summed E-state index contributed by atoms with van der Waals surface area (Å²) in [4.78, 5) is 30.5. The third kappa shape index (κ3) is 4.37. The van der Waals surface area contributed by atoms with Gasteiger partial charge in [-0.1, -0.05) is 53.5 Å². The fraction of sp³-hybridized carbons (Fsp3) is 0.0400. The molecule has 10 heteroatoms. The van der Waals surface area contributed by atoms with Crippen molar-refractivity contribution in [2.75, 3.05) is 5.73 Å². The van der Waals surface area contributed by atoms with Gasteiger partial charge in [-0.3, -0.25) is 9.78 Å². The first-order chi connectivity index (χ1) is 16.8. The fourth-order valence-electron chi connectivity index (χ4n) is 3.67. The number of hydrogen-bond acceptors (Lipinski definition) is 6. The molecule has 0 fully saturated rings. The molecule has 2 heterocycles. The van der Waals surface area contributed by atoms with E-state index in [0.29, 0.717) is 5.75 Å². The van der Waals surface area contributed by atoms with Crippen molar-refractivity contribution in [3.05, 3.63) is 103 Å². The van der Waals surface area contributed by atoms with Crippen LogP contribution in [0.3, 0.4) is 0 Å². The average Bonchev–Trinajstić information content (AvgIpc) is 2.84. The number of anilines is 1. The highest BCUT2D eigenvalue weighted by atomic mass is 35.5. The van der Waals surface area contributed by atoms with Crippen LogP contribution in [0.4, 0.5) is 5.82 Å². The first kappa shape index (κ1) is 22.6. The number of rotatable bonds is 4. The minimum atomic E-state index is -0.780. The summed E-state index contributed by atoms with van der Waals surface area (Å²) < 4.78 is 6.90. The van der Waals surface area contributed by atoms with Gasteiger partial charge >= 0.3 is 5.69 Å². The van der Waals surface area contributed by atoms with E-state index in [0.717, 1.165) is 32.4 Å². The van der Waals surface area contributed by atoms with Gasteiger partial charge < -0.3 is 10.5 Å². The van der Waals surface area contributed by atoms with Crippen molar-refractivity contribution in [1.82, 2.24) is 19.7 Å². The van der Waals surface area contributed by atoms with Crippen LogP contribution in [-0.2, 0) is 0 Å². The molecule has 35 heavy (non-hydrogen) atoms. The summed E-state index contributed by atoms with van der Waals surface area (Å²) >= 11 is 12.9. The first-order valence-electron chi connectivity index (χ1n) is 10.4. The number of halogens is 2. The summed E-state index contributed by atoms with van der Waals surface area (Å²) in [7, 11) is 0. The van der Waals surface area contributed by atoms with E-state index < -0.39 is 11.2 Å². The Morgan fingerprint density at radius 2 is 1.69 bits per heavy atom. The lowest BCUT2D eigenvalue weighted by atomic mass is 10.0. The van der Waals surface area contributed by atoms with E-state index >= 15 is 0 Å². The predicted molar refractivity (Wildman–Crippen MR) is 137 cm³/mol. The van der Waals surface area contributed by atoms with Crippen LogP contribution in [0, 0.1) is 6.92 Å². The molecule has 5 aromatic rings. The summed E-state index contributed by atoms with van der Waals surface area (Å²) in [5, 5.41) is 4.98. The van der Waals surface area contributed by atoms with E-state index in [4.69, 9.17) is 38.7 Å². The number of ether oxygens (including phenoxy) is 1. The van der Waals surface area contributed by atoms with Crippen molar-refractivity contribution in [2.45, 2.75) is 6.92 Å². The van der Waals surface area contributed by atoms with E-state index in [1.165, 1.54) is 12.1 Å². The van der Waals surface area contributed by atoms with Gasteiger partial charge in [0, 0.05) is 10.9 Å². The van der Waals surface area contributed by atoms with E-state index in [2.05, 4.69) is 10.1 Å². The second-order valence-corrected chi connectivity index (χ2v) is 8.58. The van der Waals surface area contributed by atoms with Crippen molar-refractivity contribution in [2.24, 2.45) is 0 Å². The van der Waals surface area contributed by atoms with Crippen molar-refractivity contribution in [3.8, 4) is 28.4 Å². The number of H-pyrrole nitrogens is 1. The largest absolute Gasteiger partial charge is 0.454 e. The molecule has 0 atom stereocenters. The Labute approximate surface area is 208 Å². The number of nitrogens with two attached hydrogens (primary N) is 1. The van der Waals surface area contributed by atoms with Gasteiger partial charge in [-0.05, 0) is 48.9 Å². The number of nitrogen functional groups attached to an aromatic ring is 1. The number of nitrogens with zero attached hydrogens (tertiary/aromatic N) is 3. The fourth-order valence-corrected chi connectivity index (χ4v) is 4.22. The lowest BCUT2D eigenvalue weighted by Crippen LogP contribution is -2.33. The van der Waals surface area contributed by atoms with Crippen LogP contribution in [0.25, 0.3) is 27.8 Å². The molecule has 0 saturated carbocycles. The highest BCUT2D eigenvalue weighted by Crippen LogP contribution is 2.39. The molecule has 0 spiro atoms. The number of benzene rings is 3. The Kier molecular flexibility index (Phi) is 5.76. The number of fused-ring (bicyclic) bond motifs is 1.